The van der Waals surface area contributed by atoms with Crippen LogP contribution in [0.4, 0.5) is 27.5 Å². The number of nitrogens with zero attached hydrogens (tertiary/aromatic N) is 9. The Kier molecular flexibility index (Phi) is 9.52. The molecule has 9 heterocycles. The molecule has 0 spiro atoms. The Morgan fingerprint density at radius 2 is 1.63 bits per heavy atom. The molecule has 1 aromatic carbocycles. The van der Waals surface area contributed by atoms with E-state index in [1.165, 1.54) is 6.07 Å². The fourth-order valence-corrected chi connectivity index (χ4v) is 10.4. The van der Waals surface area contributed by atoms with Crippen molar-refractivity contribution < 1.29 is 28.4 Å². The fourth-order valence-electron chi connectivity index (χ4n) is 10.4. The molecule has 3 atom stereocenters. The van der Waals surface area contributed by atoms with Gasteiger partial charge >= 0.3 is 0 Å². The molecule has 1 aliphatic carbocycles. The zero-order chi connectivity index (χ0) is 41.4. The Morgan fingerprint density at radius 3 is 2.32 bits per heavy atom. The number of anilines is 4. The highest BCUT2D eigenvalue weighted by atomic mass is 19.1. The Morgan fingerprint density at radius 1 is 0.900 bits per heavy atom. The molecular weight excluding hydrogens is 770 g/mol. The molecule has 6 aliphatic heterocycles. The van der Waals surface area contributed by atoms with Crippen molar-refractivity contribution in [1.29, 1.82) is 0 Å². The smallest absolute Gasteiger partial charge is 0.270 e. The predicted octanol–water partition coefficient (Wildman–Crippen LogP) is 4.11. The molecule has 11 rings (SSSR count). The molecule has 6 fully saturated rings. The number of pyridine rings is 1. The van der Waals surface area contributed by atoms with E-state index in [0.29, 0.717) is 29.1 Å². The van der Waals surface area contributed by atoms with Crippen molar-refractivity contribution in [2.24, 2.45) is 5.92 Å². The van der Waals surface area contributed by atoms with Crippen LogP contribution in [0.25, 0.3) is 11.0 Å². The van der Waals surface area contributed by atoms with Crippen LogP contribution in [0, 0.1) is 11.7 Å². The Hall–Kier alpha value is -5.97. The molecule has 4 aromatic rings. The number of piperidine rings is 3. The van der Waals surface area contributed by atoms with Crippen LogP contribution in [0.5, 0.6) is 0 Å². The van der Waals surface area contributed by atoms with E-state index in [1.807, 2.05) is 18.3 Å². The Labute approximate surface area is 346 Å². The minimum atomic E-state index is -1.09. The first-order valence-electron chi connectivity index (χ1n) is 21.1. The van der Waals surface area contributed by atoms with Crippen molar-refractivity contribution in [1.82, 2.24) is 39.5 Å². The van der Waals surface area contributed by atoms with Gasteiger partial charge in [0, 0.05) is 82.9 Å². The molecule has 5 amide bonds. The molecule has 0 radical (unpaired) electrons. The van der Waals surface area contributed by atoms with Gasteiger partial charge in [-0.25, -0.2) is 14.4 Å². The third-order valence-electron chi connectivity index (χ3n) is 13.4. The highest BCUT2D eigenvalue weighted by Crippen LogP contribution is 2.42. The van der Waals surface area contributed by atoms with Gasteiger partial charge in [-0.3, -0.25) is 39.1 Å². The number of aromatic nitrogens is 4. The van der Waals surface area contributed by atoms with Gasteiger partial charge in [-0.15, -0.1) is 0 Å². The maximum Gasteiger partial charge on any atom is 0.270 e. The van der Waals surface area contributed by atoms with Crippen LogP contribution in [0.2, 0.25) is 0 Å². The quantitative estimate of drug-likeness (QED) is 0.233. The van der Waals surface area contributed by atoms with Crippen molar-refractivity contribution in [3.05, 3.63) is 65.4 Å². The monoisotopic (exact) mass is 817 g/mol. The minimum absolute atomic E-state index is 0.0243. The second kappa shape index (κ2) is 14.9. The first-order valence-corrected chi connectivity index (χ1v) is 21.1. The number of fused-ring (bicyclic) bond motifs is 4. The molecule has 5 saturated heterocycles. The minimum Gasteiger partial charge on any atom is -0.370 e. The lowest BCUT2D eigenvalue weighted by molar-refractivity contribution is -0.136. The van der Waals surface area contributed by atoms with Crippen LogP contribution in [0.3, 0.4) is 0 Å². The molecule has 2 N–H and O–H groups in total. The van der Waals surface area contributed by atoms with E-state index < -0.39 is 35.5 Å². The lowest BCUT2D eigenvalue weighted by Gasteiger charge is -2.58. The molecule has 17 heteroatoms. The molecule has 16 nitrogen and oxygen atoms in total. The van der Waals surface area contributed by atoms with E-state index in [1.54, 1.807) is 25.2 Å². The summed E-state index contributed by atoms with van der Waals surface area (Å²) < 4.78 is 17.8. The zero-order valence-corrected chi connectivity index (χ0v) is 33.8. The van der Waals surface area contributed by atoms with E-state index in [9.17, 15) is 24.0 Å². The summed E-state index contributed by atoms with van der Waals surface area (Å²) in [6.07, 6.45) is 11.1. The number of amides is 5. The normalized spacial score (nSPS) is 23.6. The van der Waals surface area contributed by atoms with Gasteiger partial charge in [0.05, 0.1) is 28.7 Å². The first-order chi connectivity index (χ1) is 29.0. The summed E-state index contributed by atoms with van der Waals surface area (Å²) in [5.41, 5.74) is 2.83. The highest BCUT2D eigenvalue weighted by molar-refractivity contribution is 6.23. The summed E-state index contributed by atoms with van der Waals surface area (Å²) in [6.45, 7) is 4.38. The molecule has 3 unspecified atom stereocenters. The molecule has 7 aliphatic rings. The summed E-state index contributed by atoms with van der Waals surface area (Å²) in [5.74, 6) is -1.45. The predicted molar refractivity (Wildman–Crippen MR) is 220 cm³/mol. The Balaban J connectivity index is 0.734. The number of carbonyl (C=O) groups is 5. The summed E-state index contributed by atoms with van der Waals surface area (Å²) in [5, 5.41) is 6.31. The van der Waals surface area contributed by atoms with Crippen LogP contribution in [0.1, 0.15) is 95.0 Å². The summed E-state index contributed by atoms with van der Waals surface area (Å²) >= 11 is 0. The van der Waals surface area contributed by atoms with Crippen molar-refractivity contribution >= 4 is 63.7 Å². The van der Waals surface area contributed by atoms with Crippen molar-refractivity contribution in [2.75, 3.05) is 61.9 Å². The van der Waals surface area contributed by atoms with E-state index in [4.69, 9.17) is 9.97 Å². The number of halogens is 1. The number of hydrogen-bond acceptors (Lipinski definition) is 12. The lowest BCUT2D eigenvalue weighted by Crippen LogP contribution is -2.69. The Bertz CT molecular complexity index is 2410. The second-order valence-electron chi connectivity index (χ2n) is 17.4. The summed E-state index contributed by atoms with van der Waals surface area (Å²) in [4.78, 5) is 87.3. The van der Waals surface area contributed by atoms with Gasteiger partial charge in [-0.2, -0.15) is 4.98 Å². The third-order valence-corrected chi connectivity index (χ3v) is 13.4. The number of nitrogens with one attached hydrogen (secondary N) is 2. The van der Waals surface area contributed by atoms with Gasteiger partial charge in [-0.05, 0) is 74.8 Å². The molecule has 60 heavy (non-hydrogen) atoms. The molecule has 312 valence electrons. The molecule has 3 aromatic heterocycles. The topological polar surface area (TPSA) is 169 Å². The van der Waals surface area contributed by atoms with Crippen LogP contribution in [0.15, 0.2) is 42.7 Å². The van der Waals surface area contributed by atoms with Crippen molar-refractivity contribution in [3.63, 3.8) is 0 Å². The number of piperazine rings is 1. The largest absolute Gasteiger partial charge is 0.370 e. The van der Waals surface area contributed by atoms with Gasteiger partial charge in [0.1, 0.15) is 29.0 Å². The molecule has 2 bridgehead atoms. The standard InChI is InChI=1S/C43H48FN11O5/c1-50(2)42(60)35-15-25-19-46-43(49-38(25)54(35)26-5-3-4-6-26)47-36-9-7-27(20-45-36)52-13-11-24(12-14-52)21-51-22-28-16-29(23-51)53(28)34-18-31-30(17-32(34)44)40(58)55(41(31)59)33-8-10-37(56)48-39(33)57/h7,9,15,17-20,24,26,28-29,33H,3-6,8,10-14,16,21-23H2,1-2H3,(H,48,56,57)(H,45,46,47,49). The third kappa shape index (κ3) is 6.62. The average molecular weight is 818 g/mol. The summed E-state index contributed by atoms with van der Waals surface area (Å²) in [7, 11) is 3.54. The number of imide groups is 2. The highest BCUT2D eigenvalue weighted by Gasteiger charge is 2.49. The van der Waals surface area contributed by atoms with Crippen LogP contribution in [-0.4, -0.2) is 129 Å². The van der Waals surface area contributed by atoms with Crippen LogP contribution < -0.4 is 20.4 Å². The van der Waals surface area contributed by atoms with Gasteiger partial charge in [0.15, 0.2) is 0 Å². The lowest BCUT2D eigenvalue weighted by atomic mass is 9.85. The van der Waals surface area contributed by atoms with E-state index in [0.717, 1.165) is 105 Å². The van der Waals surface area contributed by atoms with Crippen LogP contribution in [-0.2, 0) is 9.59 Å². The maximum atomic E-state index is 15.7. The van der Waals surface area contributed by atoms with Crippen molar-refractivity contribution in [3.8, 4) is 0 Å². The number of rotatable bonds is 9. The van der Waals surface area contributed by atoms with Gasteiger partial charge in [-0.1, -0.05) is 12.8 Å². The van der Waals surface area contributed by atoms with E-state index in [2.05, 4.69) is 41.0 Å². The van der Waals surface area contributed by atoms with E-state index in [-0.39, 0.29) is 48.0 Å². The number of benzene rings is 1. The second-order valence-corrected chi connectivity index (χ2v) is 17.4. The SMILES string of the molecule is CN(C)C(=O)c1cc2cnc(Nc3ccc(N4CCC(CN5CC6CC(C5)N6c5cc6c(cc5F)C(=O)N(C5CCC(=O)NC5=O)C6=O)CC4)cn3)nc2n1C1CCCC1. The summed E-state index contributed by atoms with van der Waals surface area (Å²) in [6, 6.07) is 7.88. The van der Waals surface area contributed by atoms with Crippen LogP contribution >= 0.6 is 0 Å². The number of carbonyl (C=O) groups excluding carboxylic acids is 5. The maximum absolute atomic E-state index is 15.7. The fraction of sp³-hybridized carbons (Fsp3) is 0.488. The van der Waals surface area contributed by atoms with E-state index >= 15 is 4.39 Å². The zero-order valence-electron chi connectivity index (χ0n) is 33.8. The number of hydrogen-bond donors (Lipinski definition) is 2. The van der Waals surface area contributed by atoms with Gasteiger partial charge in [0.2, 0.25) is 17.8 Å². The first kappa shape index (κ1) is 38.2. The molecule has 1 saturated carbocycles. The van der Waals surface area contributed by atoms with Gasteiger partial charge < -0.3 is 24.6 Å². The van der Waals surface area contributed by atoms with Crippen molar-refractivity contribution in [2.45, 2.75) is 82.0 Å². The van der Waals surface area contributed by atoms with Gasteiger partial charge in [0.25, 0.3) is 17.7 Å². The molecular formula is C43H48FN11O5. The average Bonchev–Trinajstić information content (AvgIpc) is 3.95.